The second-order valence-corrected chi connectivity index (χ2v) is 7.54. The maximum atomic E-state index is 10.5. The van der Waals surface area contributed by atoms with Crippen molar-refractivity contribution in [3.63, 3.8) is 0 Å². The van der Waals surface area contributed by atoms with Crippen LogP contribution in [0.1, 0.15) is 66.7 Å². The van der Waals surface area contributed by atoms with Gasteiger partial charge >= 0.3 is 0 Å². The van der Waals surface area contributed by atoms with Gasteiger partial charge in [-0.1, -0.05) is 49.3 Å². The molecule has 2 nitrogen and oxygen atoms in total. The molecule has 0 amide bonds. The minimum absolute atomic E-state index is 0.348. The first-order valence-electron chi connectivity index (χ1n) is 8.62. The summed E-state index contributed by atoms with van der Waals surface area (Å²) in [6.45, 7) is 10.5. The molecule has 1 aliphatic rings. The van der Waals surface area contributed by atoms with Crippen LogP contribution in [0.2, 0.25) is 0 Å². The number of allylic oxidation sites excluding steroid dienone is 4. The van der Waals surface area contributed by atoms with Crippen molar-refractivity contribution in [3.8, 4) is 0 Å². The average molecular weight is 306 g/mol. The van der Waals surface area contributed by atoms with Crippen LogP contribution in [0.5, 0.6) is 0 Å². The third-order valence-electron chi connectivity index (χ3n) is 4.56. The van der Waals surface area contributed by atoms with E-state index in [9.17, 15) is 10.2 Å². The van der Waals surface area contributed by atoms with Crippen molar-refractivity contribution in [2.45, 2.75) is 78.4 Å². The Labute approximate surface area is 136 Å². The van der Waals surface area contributed by atoms with E-state index in [1.54, 1.807) is 6.92 Å². The average Bonchev–Trinajstić information content (AvgIpc) is 2.36. The highest BCUT2D eigenvalue weighted by Crippen LogP contribution is 2.25. The topological polar surface area (TPSA) is 40.5 Å². The summed E-state index contributed by atoms with van der Waals surface area (Å²) in [5.74, 6) is 1.02. The molecule has 0 aliphatic heterocycles. The maximum Gasteiger partial charge on any atom is 0.0827 e. The Balaban J connectivity index is 2.97. The van der Waals surface area contributed by atoms with Crippen molar-refractivity contribution in [3.05, 3.63) is 35.5 Å². The molecule has 0 saturated heterocycles. The number of hydrogen-bond donors (Lipinski definition) is 2. The predicted octanol–water partition coefficient (Wildman–Crippen LogP) is 4.78. The van der Waals surface area contributed by atoms with Gasteiger partial charge in [0.2, 0.25) is 0 Å². The van der Waals surface area contributed by atoms with E-state index in [1.807, 2.05) is 12.2 Å². The van der Waals surface area contributed by atoms with Crippen molar-refractivity contribution >= 4 is 0 Å². The van der Waals surface area contributed by atoms with E-state index in [-0.39, 0.29) is 0 Å². The summed E-state index contributed by atoms with van der Waals surface area (Å²) in [6.07, 6.45) is 12.2. The molecule has 0 fully saturated rings. The Morgan fingerprint density at radius 1 is 1.18 bits per heavy atom. The van der Waals surface area contributed by atoms with Gasteiger partial charge in [0.25, 0.3) is 0 Å². The van der Waals surface area contributed by atoms with Crippen molar-refractivity contribution in [1.29, 1.82) is 0 Å². The fourth-order valence-corrected chi connectivity index (χ4v) is 2.99. The molecule has 0 heterocycles. The van der Waals surface area contributed by atoms with Crippen LogP contribution in [0.4, 0.5) is 0 Å². The van der Waals surface area contributed by atoms with Crippen molar-refractivity contribution in [1.82, 2.24) is 0 Å². The predicted molar refractivity (Wildman–Crippen MR) is 94.7 cm³/mol. The SMILES string of the molecule is CC1=C[C@H](O)C[C@](C)(O)C=C[C@H](C(C)C)CCC(C)=CCC1. The van der Waals surface area contributed by atoms with Gasteiger partial charge in [0, 0.05) is 6.42 Å². The van der Waals surface area contributed by atoms with E-state index < -0.39 is 11.7 Å². The third-order valence-corrected chi connectivity index (χ3v) is 4.56. The molecule has 126 valence electrons. The molecule has 3 atom stereocenters. The van der Waals surface area contributed by atoms with Crippen LogP contribution in [0.15, 0.2) is 35.5 Å². The summed E-state index contributed by atoms with van der Waals surface area (Å²) in [7, 11) is 0. The normalized spacial score (nSPS) is 32.4. The van der Waals surface area contributed by atoms with Crippen LogP contribution in [-0.2, 0) is 0 Å². The number of hydrogen-bond acceptors (Lipinski definition) is 2. The first-order valence-corrected chi connectivity index (χ1v) is 8.62. The highest BCUT2D eigenvalue weighted by molar-refractivity contribution is 5.10. The second-order valence-electron chi connectivity index (χ2n) is 7.54. The Kier molecular flexibility index (Phi) is 7.58. The van der Waals surface area contributed by atoms with Crippen LogP contribution in [0.3, 0.4) is 0 Å². The molecule has 0 spiro atoms. The van der Waals surface area contributed by atoms with Crippen LogP contribution >= 0.6 is 0 Å². The molecule has 0 radical (unpaired) electrons. The van der Waals surface area contributed by atoms with Crippen LogP contribution < -0.4 is 0 Å². The Morgan fingerprint density at radius 2 is 1.86 bits per heavy atom. The summed E-state index contributed by atoms with van der Waals surface area (Å²) >= 11 is 0. The van der Waals surface area contributed by atoms with Gasteiger partial charge in [0.05, 0.1) is 11.7 Å². The molecule has 0 unspecified atom stereocenters. The van der Waals surface area contributed by atoms with E-state index in [1.165, 1.54) is 11.1 Å². The molecule has 0 aromatic carbocycles. The second kappa shape index (κ2) is 8.69. The van der Waals surface area contributed by atoms with Gasteiger partial charge in [-0.3, -0.25) is 0 Å². The number of aliphatic hydroxyl groups is 2. The van der Waals surface area contributed by atoms with Gasteiger partial charge in [-0.05, 0) is 58.3 Å². The summed E-state index contributed by atoms with van der Waals surface area (Å²) < 4.78 is 0. The molecular formula is C20H34O2. The molecule has 2 N–H and O–H groups in total. The Morgan fingerprint density at radius 3 is 2.50 bits per heavy atom. The Hall–Kier alpha value is -0.860. The van der Waals surface area contributed by atoms with Crippen LogP contribution in [-0.4, -0.2) is 21.9 Å². The molecule has 0 aromatic rings. The van der Waals surface area contributed by atoms with Gasteiger partial charge in [0.15, 0.2) is 0 Å². The highest BCUT2D eigenvalue weighted by atomic mass is 16.3. The number of rotatable bonds is 1. The molecule has 0 aromatic heterocycles. The third kappa shape index (κ3) is 7.42. The monoisotopic (exact) mass is 306 g/mol. The van der Waals surface area contributed by atoms with Gasteiger partial charge in [-0.25, -0.2) is 0 Å². The van der Waals surface area contributed by atoms with Crippen LogP contribution in [0.25, 0.3) is 0 Å². The summed E-state index contributed by atoms with van der Waals surface area (Å²) in [5, 5.41) is 20.7. The molecule has 0 bridgehead atoms. The van der Waals surface area contributed by atoms with Crippen LogP contribution in [0, 0.1) is 11.8 Å². The van der Waals surface area contributed by atoms with Gasteiger partial charge in [-0.15, -0.1) is 0 Å². The van der Waals surface area contributed by atoms with Crippen molar-refractivity contribution in [2.24, 2.45) is 11.8 Å². The molecule has 1 rings (SSSR count). The fourth-order valence-electron chi connectivity index (χ4n) is 2.99. The smallest absolute Gasteiger partial charge is 0.0827 e. The van der Waals surface area contributed by atoms with E-state index in [2.05, 4.69) is 39.8 Å². The Bertz CT molecular complexity index is 427. The lowest BCUT2D eigenvalue weighted by molar-refractivity contribution is 0.0565. The van der Waals surface area contributed by atoms with E-state index in [0.717, 1.165) is 25.7 Å². The quantitative estimate of drug-likeness (QED) is 0.684. The zero-order valence-corrected chi connectivity index (χ0v) is 15.0. The summed E-state index contributed by atoms with van der Waals surface area (Å²) in [5.41, 5.74) is 1.67. The van der Waals surface area contributed by atoms with E-state index in [0.29, 0.717) is 18.3 Å². The summed E-state index contributed by atoms with van der Waals surface area (Å²) in [4.78, 5) is 0. The molecular weight excluding hydrogens is 272 g/mol. The minimum Gasteiger partial charge on any atom is -0.389 e. The van der Waals surface area contributed by atoms with E-state index >= 15 is 0 Å². The lowest BCUT2D eigenvalue weighted by Gasteiger charge is -2.24. The number of aliphatic hydroxyl groups excluding tert-OH is 1. The lowest BCUT2D eigenvalue weighted by atomic mass is 9.86. The molecule has 1 aliphatic carbocycles. The molecule has 2 heteroatoms. The first-order chi connectivity index (χ1) is 10.2. The van der Waals surface area contributed by atoms with Gasteiger partial charge in [-0.2, -0.15) is 0 Å². The van der Waals surface area contributed by atoms with Gasteiger partial charge < -0.3 is 10.2 Å². The minimum atomic E-state index is -0.960. The maximum absolute atomic E-state index is 10.5. The first kappa shape index (κ1) is 19.2. The zero-order chi connectivity index (χ0) is 16.8. The van der Waals surface area contributed by atoms with Crippen molar-refractivity contribution in [2.75, 3.05) is 0 Å². The van der Waals surface area contributed by atoms with E-state index in [4.69, 9.17) is 0 Å². The van der Waals surface area contributed by atoms with Gasteiger partial charge in [0.1, 0.15) is 0 Å². The standard InChI is InChI=1S/C20H34O2/c1-15(2)18-10-9-16(3)7-6-8-17(4)13-19(21)14-20(5,22)12-11-18/h7,11-13,15,18-19,21-22H,6,8-10,14H2,1-5H3/t18-,19+,20-/m1/s1. The molecule has 0 saturated carbocycles. The largest absolute Gasteiger partial charge is 0.389 e. The lowest BCUT2D eigenvalue weighted by Crippen LogP contribution is -2.27. The molecule has 22 heavy (non-hydrogen) atoms. The highest BCUT2D eigenvalue weighted by Gasteiger charge is 2.21. The summed E-state index contributed by atoms with van der Waals surface area (Å²) in [6, 6.07) is 0. The zero-order valence-electron chi connectivity index (χ0n) is 15.0. The van der Waals surface area contributed by atoms with Crippen molar-refractivity contribution < 1.29 is 10.2 Å². The fraction of sp³-hybridized carbons (Fsp3) is 0.700.